The van der Waals surface area contributed by atoms with Crippen LogP contribution >= 0.6 is 0 Å². The van der Waals surface area contributed by atoms with Crippen molar-refractivity contribution in [1.82, 2.24) is 10.3 Å². The Morgan fingerprint density at radius 3 is 3.11 bits per heavy atom. The normalized spacial score (nSPS) is 22.8. The first-order chi connectivity index (χ1) is 9.31. The topological polar surface area (TPSA) is 51.2 Å². The van der Waals surface area contributed by atoms with Crippen LogP contribution in [-0.4, -0.2) is 37.1 Å². The van der Waals surface area contributed by atoms with Gasteiger partial charge in [-0.2, -0.15) is 0 Å². The molecule has 0 bridgehead atoms. The first kappa shape index (κ1) is 12.3. The van der Waals surface area contributed by atoms with Gasteiger partial charge >= 0.3 is 0 Å². The number of nitrogens with one attached hydrogen (secondary N) is 1. The number of aromatic nitrogens is 1. The maximum absolute atomic E-state index is 12.7. The summed E-state index contributed by atoms with van der Waals surface area (Å²) in [4.78, 5) is 16.8. The molecule has 0 aliphatic carbocycles. The number of ether oxygens (including phenoxy) is 1. The molecule has 4 nitrogen and oxygen atoms in total. The van der Waals surface area contributed by atoms with Crippen LogP contribution in [0.2, 0.25) is 0 Å². The summed E-state index contributed by atoms with van der Waals surface area (Å²) in [6.07, 6.45) is 3.51. The summed E-state index contributed by atoms with van der Waals surface area (Å²) in [5.41, 5.74) is 0.760. The Bertz CT molecular complexity index is 607. The van der Waals surface area contributed by atoms with E-state index in [-0.39, 0.29) is 17.7 Å². The highest BCUT2D eigenvalue weighted by molar-refractivity contribution is 6.09. The average molecular weight is 256 g/mol. The molecule has 0 spiro atoms. The van der Waals surface area contributed by atoms with E-state index in [1.54, 1.807) is 12.4 Å². The Morgan fingerprint density at radius 2 is 2.26 bits per heavy atom. The third-order valence-electron chi connectivity index (χ3n) is 3.73. The van der Waals surface area contributed by atoms with Crippen LogP contribution in [0.15, 0.2) is 36.7 Å². The quantitative estimate of drug-likeness (QED) is 0.848. The lowest BCUT2D eigenvalue weighted by molar-refractivity contribution is 0.0894. The van der Waals surface area contributed by atoms with Crippen molar-refractivity contribution < 1.29 is 9.53 Å². The van der Waals surface area contributed by atoms with E-state index in [1.807, 2.05) is 31.3 Å². The largest absolute Gasteiger partial charge is 0.379 e. The Morgan fingerprint density at radius 1 is 1.37 bits per heavy atom. The molecule has 2 unspecified atom stereocenters. The molecule has 1 fully saturated rings. The first-order valence-corrected chi connectivity index (χ1v) is 6.43. The molecule has 2 aromatic rings. The highest BCUT2D eigenvalue weighted by atomic mass is 16.5. The molecule has 2 atom stereocenters. The number of hydrogen-bond donors (Lipinski definition) is 1. The molecule has 1 N–H and O–H groups in total. The fourth-order valence-electron chi connectivity index (χ4n) is 2.63. The number of carbonyl (C=O) groups is 1. The number of Topliss-reactive ketones (excluding diaryl/α,β-unsaturated/α-hetero) is 1. The van der Waals surface area contributed by atoms with Crippen molar-refractivity contribution in [2.75, 3.05) is 20.3 Å². The number of hydrogen-bond acceptors (Lipinski definition) is 4. The number of likely N-dealkylation sites (N-methyl/N-ethyl adjacent to an activating group) is 1. The van der Waals surface area contributed by atoms with Crippen LogP contribution in [0, 0.1) is 5.92 Å². The van der Waals surface area contributed by atoms with Gasteiger partial charge in [0.05, 0.1) is 19.1 Å². The van der Waals surface area contributed by atoms with Gasteiger partial charge in [0.25, 0.3) is 0 Å². The van der Waals surface area contributed by atoms with Crippen molar-refractivity contribution in [3.05, 3.63) is 42.2 Å². The molecule has 1 aliphatic rings. The van der Waals surface area contributed by atoms with Crippen molar-refractivity contribution in [3.63, 3.8) is 0 Å². The van der Waals surface area contributed by atoms with Crippen LogP contribution in [0.4, 0.5) is 0 Å². The summed E-state index contributed by atoms with van der Waals surface area (Å²) in [6, 6.07) is 7.76. The molecule has 2 heterocycles. The molecule has 0 amide bonds. The second-order valence-electron chi connectivity index (χ2n) is 4.81. The summed E-state index contributed by atoms with van der Waals surface area (Å²) in [6.45, 7) is 1.09. The summed E-state index contributed by atoms with van der Waals surface area (Å²) in [7, 11) is 1.87. The molecular weight excluding hydrogens is 240 g/mol. The standard InChI is InChI=1S/C15H16N2O2/c1-16-14-9-19-8-13(14)15(18)12-4-2-3-10-7-17-6-5-11(10)12/h2-7,13-14,16H,8-9H2,1H3. The van der Waals surface area contributed by atoms with E-state index >= 15 is 0 Å². The van der Waals surface area contributed by atoms with E-state index < -0.39 is 0 Å². The monoisotopic (exact) mass is 256 g/mol. The second-order valence-corrected chi connectivity index (χ2v) is 4.81. The summed E-state index contributed by atoms with van der Waals surface area (Å²) in [5, 5.41) is 5.11. The molecule has 1 aromatic carbocycles. The Hall–Kier alpha value is -1.78. The fourth-order valence-corrected chi connectivity index (χ4v) is 2.63. The molecule has 19 heavy (non-hydrogen) atoms. The Balaban J connectivity index is 2.02. The summed E-state index contributed by atoms with van der Waals surface area (Å²) < 4.78 is 5.42. The smallest absolute Gasteiger partial charge is 0.170 e. The Labute approximate surface area is 111 Å². The van der Waals surface area contributed by atoms with Crippen molar-refractivity contribution in [2.24, 2.45) is 5.92 Å². The van der Waals surface area contributed by atoms with Gasteiger partial charge in [-0.1, -0.05) is 18.2 Å². The van der Waals surface area contributed by atoms with E-state index in [0.717, 1.165) is 16.3 Å². The predicted molar refractivity (Wildman–Crippen MR) is 73.2 cm³/mol. The predicted octanol–water partition coefficient (Wildman–Crippen LogP) is 1.65. The van der Waals surface area contributed by atoms with Crippen molar-refractivity contribution in [3.8, 4) is 0 Å². The van der Waals surface area contributed by atoms with Gasteiger partial charge in [0.1, 0.15) is 0 Å². The lowest BCUT2D eigenvalue weighted by Crippen LogP contribution is -2.37. The van der Waals surface area contributed by atoms with Gasteiger partial charge in [0, 0.05) is 29.4 Å². The van der Waals surface area contributed by atoms with E-state index in [0.29, 0.717) is 13.2 Å². The van der Waals surface area contributed by atoms with Crippen LogP contribution in [0.5, 0.6) is 0 Å². The van der Waals surface area contributed by atoms with Crippen LogP contribution in [0.25, 0.3) is 10.8 Å². The third-order valence-corrected chi connectivity index (χ3v) is 3.73. The number of ketones is 1. The van der Waals surface area contributed by atoms with Crippen LogP contribution in [0.3, 0.4) is 0 Å². The van der Waals surface area contributed by atoms with Crippen molar-refractivity contribution in [2.45, 2.75) is 6.04 Å². The molecule has 0 saturated carbocycles. The zero-order valence-corrected chi connectivity index (χ0v) is 10.8. The Kier molecular flexibility index (Phi) is 3.27. The molecule has 0 radical (unpaired) electrons. The lowest BCUT2D eigenvalue weighted by Gasteiger charge is -2.16. The highest BCUT2D eigenvalue weighted by Gasteiger charge is 2.33. The van der Waals surface area contributed by atoms with Gasteiger partial charge in [0.15, 0.2) is 5.78 Å². The second kappa shape index (κ2) is 5.07. The average Bonchev–Trinajstić information content (AvgIpc) is 2.94. The maximum atomic E-state index is 12.7. The van der Waals surface area contributed by atoms with Gasteiger partial charge in [-0.15, -0.1) is 0 Å². The molecular formula is C15H16N2O2. The number of nitrogens with zero attached hydrogens (tertiary/aromatic N) is 1. The first-order valence-electron chi connectivity index (χ1n) is 6.43. The molecule has 4 heteroatoms. The highest BCUT2D eigenvalue weighted by Crippen LogP contribution is 2.24. The minimum atomic E-state index is -0.108. The van der Waals surface area contributed by atoms with Gasteiger partial charge in [-0.3, -0.25) is 9.78 Å². The third kappa shape index (κ3) is 2.13. The molecule has 1 aliphatic heterocycles. The summed E-state index contributed by atoms with van der Waals surface area (Å²) >= 11 is 0. The zero-order valence-electron chi connectivity index (χ0n) is 10.8. The zero-order chi connectivity index (χ0) is 13.2. The summed E-state index contributed by atoms with van der Waals surface area (Å²) in [5.74, 6) is 0.0393. The molecule has 98 valence electrons. The van der Waals surface area contributed by atoms with Gasteiger partial charge in [-0.25, -0.2) is 0 Å². The lowest BCUT2D eigenvalue weighted by atomic mass is 9.91. The van der Waals surface area contributed by atoms with Crippen LogP contribution < -0.4 is 5.32 Å². The fraction of sp³-hybridized carbons (Fsp3) is 0.333. The number of carbonyl (C=O) groups excluding carboxylic acids is 1. The number of rotatable bonds is 3. The van der Waals surface area contributed by atoms with Gasteiger partial charge < -0.3 is 10.1 Å². The SMILES string of the molecule is CNC1COCC1C(=O)c1cccc2cnccc12. The van der Waals surface area contributed by atoms with Crippen molar-refractivity contribution >= 4 is 16.6 Å². The van der Waals surface area contributed by atoms with E-state index in [2.05, 4.69) is 10.3 Å². The van der Waals surface area contributed by atoms with Crippen molar-refractivity contribution in [1.29, 1.82) is 0 Å². The molecule has 1 saturated heterocycles. The number of benzene rings is 1. The maximum Gasteiger partial charge on any atom is 0.170 e. The number of fused-ring (bicyclic) bond motifs is 1. The van der Waals surface area contributed by atoms with Gasteiger partial charge in [-0.05, 0) is 18.5 Å². The van der Waals surface area contributed by atoms with Crippen LogP contribution in [-0.2, 0) is 4.74 Å². The van der Waals surface area contributed by atoms with E-state index in [1.165, 1.54) is 0 Å². The van der Waals surface area contributed by atoms with E-state index in [4.69, 9.17) is 4.74 Å². The van der Waals surface area contributed by atoms with E-state index in [9.17, 15) is 4.79 Å². The molecule has 3 rings (SSSR count). The van der Waals surface area contributed by atoms with Crippen LogP contribution in [0.1, 0.15) is 10.4 Å². The van der Waals surface area contributed by atoms with Gasteiger partial charge in [0.2, 0.25) is 0 Å². The number of pyridine rings is 1. The minimum Gasteiger partial charge on any atom is -0.379 e. The molecule has 1 aromatic heterocycles. The minimum absolute atomic E-state index is 0.101.